The highest BCUT2D eigenvalue weighted by molar-refractivity contribution is 6.31. The zero-order valence-corrected chi connectivity index (χ0v) is 11.3. The van der Waals surface area contributed by atoms with Gasteiger partial charge in [-0.15, -0.1) is 0 Å². The standard InChI is InChI=1S/C14H10Cl2FNO/c15-10-6-4-9(5-7-10)8-13(19)18-12-3-1-2-11(16)14(12)17/h1-7H,8H2,(H,18,19). The molecule has 0 bridgehead atoms. The van der Waals surface area contributed by atoms with E-state index in [-0.39, 0.29) is 23.0 Å². The second-order valence-electron chi connectivity index (χ2n) is 3.95. The van der Waals surface area contributed by atoms with Crippen LogP contribution in [0.4, 0.5) is 10.1 Å². The number of hydrogen-bond acceptors (Lipinski definition) is 1. The summed E-state index contributed by atoms with van der Waals surface area (Å²) in [4.78, 5) is 11.8. The Hall–Kier alpha value is -1.58. The molecular weight excluding hydrogens is 288 g/mol. The van der Waals surface area contributed by atoms with Crippen LogP contribution in [0.15, 0.2) is 42.5 Å². The third-order valence-corrected chi connectivity index (χ3v) is 3.05. The number of carbonyl (C=O) groups is 1. The molecule has 2 aromatic rings. The van der Waals surface area contributed by atoms with Crippen LogP contribution in [0.2, 0.25) is 10.0 Å². The lowest BCUT2D eigenvalue weighted by atomic mass is 10.1. The summed E-state index contributed by atoms with van der Waals surface area (Å²) in [6.07, 6.45) is 0.142. The highest BCUT2D eigenvalue weighted by Crippen LogP contribution is 2.22. The Labute approximate surface area is 120 Å². The van der Waals surface area contributed by atoms with Gasteiger partial charge in [0.25, 0.3) is 0 Å². The van der Waals surface area contributed by atoms with Crippen LogP contribution in [0, 0.1) is 5.82 Å². The molecule has 2 nitrogen and oxygen atoms in total. The van der Waals surface area contributed by atoms with Crippen molar-refractivity contribution in [1.82, 2.24) is 0 Å². The van der Waals surface area contributed by atoms with Gasteiger partial charge in [-0.25, -0.2) is 4.39 Å². The second-order valence-corrected chi connectivity index (χ2v) is 4.80. The molecule has 0 unspecified atom stereocenters. The number of nitrogens with one attached hydrogen (secondary N) is 1. The lowest BCUT2D eigenvalue weighted by Crippen LogP contribution is -2.15. The van der Waals surface area contributed by atoms with Crippen LogP contribution in [-0.2, 0) is 11.2 Å². The summed E-state index contributed by atoms with van der Waals surface area (Å²) in [6.45, 7) is 0. The third-order valence-electron chi connectivity index (χ3n) is 2.50. The maximum absolute atomic E-state index is 13.6. The molecule has 0 aromatic heterocycles. The quantitative estimate of drug-likeness (QED) is 0.898. The first-order valence-corrected chi connectivity index (χ1v) is 6.30. The summed E-state index contributed by atoms with van der Waals surface area (Å²) in [5.41, 5.74) is 0.871. The molecule has 0 aliphatic heterocycles. The van der Waals surface area contributed by atoms with E-state index in [1.54, 1.807) is 30.3 Å². The minimum absolute atomic E-state index is 0.0238. The van der Waals surface area contributed by atoms with Crippen molar-refractivity contribution in [2.24, 2.45) is 0 Å². The minimum Gasteiger partial charge on any atom is -0.323 e. The number of amides is 1. The van der Waals surface area contributed by atoms with Crippen LogP contribution in [0.3, 0.4) is 0 Å². The molecule has 2 aromatic carbocycles. The van der Waals surface area contributed by atoms with Gasteiger partial charge >= 0.3 is 0 Å². The van der Waals surface area contributed by atoms with Gasteiger partial charge in [0.2, 0.25) is 5.91 Å². The van der Waals surface area contributed by atoms with Gasteiger partial charge in [-0.3, -0.25) is 4.79 Å². The van der Waals surface area contributed by atoms with Crippen LogP contribution in [0.1, 0.15) is 5.56 Å². The van der Waals surface area contributed by atoms with Crippen molar-refractivity contribution in [3.8, 4) is 0 Å². The maximum Gasteiger partial charge on any atom is 0.228 e. The van der Waals surface area contributed by atoms with Crippen molar-refractivity contribution >= 4 is 34.8 Å². The van der Waals surface area contributed by atoms with Gasteiger partial charge in [-0.1, -0.05) is 41.4 Å². The zero-order chi connectivity index (χ0) is 13.8. The number of carbonyl (C=O) groups excluding carboxylic acids is 1. The van der Waals surface area contributed by atoms with E-state index in [4.69, 9.17) is 23.2 Å². The number of rotatable bonds is 3. The second kappa shape index (κ2) is 6.04. The summed E-state index contributed by atoms with van der Waals surface area (Å²) in [6, 6.07) is 11.3. The van der Waals surface area contributed by atoms with E-state index in [1.807, 2.05) is 0 Å². The van der Waals surface area contributed by atoms with E-state index in [9.17, 15) is 9.18 Å². The van der Waals surface area contributed by atoms with Gasteiger partial charge in [-0.05, 0) is 29.8 Å². The lowest BCUT2D eigenvalue weighted by molar-refractivity contribution is -0.115. The Morgan fingerprint density at radius 2 is 1.79 bits per heavy atom. The molecule has 0 fully saturated rings. The maximum atomic E-state index is 13.6. The van der Waals surface area contributed by atoms with Gasteiger partial charge in [0.1, 0.15) is 0 Å². The minimum atomic E-state index is -0.631. The summed E-state index contributed by atoms with van der Waals surface area (Å²) in [5.74, 6) is -0.947. The van der Waals surface area contributed by atoms with E-state index in [0.29, 0.717) is 5.02 Å². The summed E-state index contributed by atoms with van der Waals surface area (Å²) < 4.78 is 13.6. The van der Waals surface area contributed by atoms with Gasteiger partial charge in [0.05, 0.1) is 17.1 Å². The Bertz CT molecular complexity index is 599. The molecule has 0 aliphatic rings. The van der Waals surface area contributed by atoms with Gasteiger partial charge in [0, 0.05) is 5.02 Å². The van der Waals surface area contributed by atoms with Crippen LogP contribution in [0.5, 0.6) is 0 Å². The fourth-order valence-corrected chi connectivity index (χ4v) is 1.88. The highest BCUT2D eigenvalue weighted by Gasteiger charge is 2.10. The fourth-order valence-electron chi connectivity index (χ4n) is 1.58. The van der Waals surface area contributed by atoms with Gasteiger partial charge in [0.15, 0.2) is 5.82 Å². The molecule has 1 amide bonds. The average Bonchev–Trinajstić information content (AvgIpc) is 2.38. The van der Waals surface area contributed by atoms with E-state index in [1.165, 1.54) is 12.1 Å². The van der Waals surface area contributed by atoms with Crippen molar-refractivity contribution < 1.29 is 9.18 Å². The first-order chi connectivity index (χ1) is 9.06. The molecule has 2 rings (SSSR count). The largest absolute Gasteiger partial charge is 0.323 e. The molecule has 0 saturated heterocycles. The summed E-state index contributed by atoms with van der Waals surface area (Å²) in [5, 5.41) is 3.06. The normalized spacial score (nSPS) is 10.3. The molecule has 0 saturated carbocycles. The van der Waals surface area contributed by atoms with E-state index in [2.05, 4.69) is 5.32 Å². The van der Waals surface area contributed by atoms with Crippen molar-refractivity contribution in [3.63, 3.8) is 0 Å². The van der Waals surface area contributed by atoms with Crippen LogP contribution in [0.25, 0.3) is 0 Å². The van der Waals surface area contributed by atoms with E-state index in [0.717, 1.165) is 5.56 Å². The summed E-state index contributed by atoms with van der Waals surface area (Å²) in [7, 11) is 0. The van der Waals surface area contributed by atoms with Crippen LogP contribution in [-0.4, -0.2) is 5.91 Å². The van der Waals surface area contributed by atoms with Crippen LogP contribution >= 0.6 is 23.2 Å². The van der Waals surface area contributed by atoms with Crippen molar-refractivity contribution in [1.29, 1.82) is 0 Å². The molecule has 1 N–H and O–H groups in total. The number of anilines is 1. The molecule has 5 heteroatoms. The SMILES string of the molecule is O=C(Cc1ccc(Cl)cc1)Nc1cccc(Cl)c1F. The van der Waals surface area contributed by atoms with Gasteiger partial charge < -0.3 is 5.32 Å². The molecule has 0 heterocycles. The third kappa shape index (κ3) is 3.69. The van der Waals surface area contributed by atoms with E-state index >= 15 is 0 Å². The Morgan fingerprint density at radius 3 is 2.47 bits per heavy atom. The van der Waals surface area contributed by atoms with Crippen molar-refractivity contribution in [3.05, 3.63) is 63.9 Å². The Balaban J connectivity index is 2.05. The predicted octanol–water partition coefficient (Wildman–Crippen LogP) is 4.31. The lowest BCUT2D eigenvalue weighted by Gasteiger charge is -2.07. The topological polar surface area (TPSA) is 29.1 Å². The van der Waals surface area contributed by atoms with Crippen molar-refractivity contribution in [2.45, 2.75) is 6.42 Å². The smallest absolute Gasteiger partial charge is 0.228 e. The monoisotopic (exact) mass is 297 g/mol. The first-order valence-electron chi connectivity index (χ1n) is 5.54. The van der Waals surface area contributed by atoms with Crippen molar-refractivity contribution in [2.75, 3.05) is 5.32 Å². The Morgan fingerprint density at radius 1 is 1.11 bits per heavy atom. The molecular formula is C14H10Cl2FNO. The predicted molar refractivity (Wildman–Crippen MR) is 75.2 cm³/mol. The summed E-state index contributed by atoms with van der Waals surface area (Å²) >= 11 is 11.4. The molecule has 19 heavy (non-hydrogen) atoms. The fraction of sp³-hybridized carbons (Fsp3) is 0.0714. The molecule has 0 radical (unpaired) electrons. The molecule has 0 aliphatic carbocycles. The number of hydrogen-bond donors (Lipinski definition) is 1. The first kappa shape index (κ1) is 13.8. The highest BCUT2D eigenvalue weighted by atomic mass is 35.5. The molecule has 98 valence electrons. The van der Waals surface area contributed by atoms with Crippen LogP contribution < -0.4 is 5.32 Å². The number of halogens is 3. The number of benzene rings is 2. The van der Waals surface area contributed by atoms with Gasteiger partial charge in [-0.2, -0.15) is 0 Å². The average molecular weight is 298 g/mol. The van der Waals surface area contributed by atoms with E-state index < -0.39 is 5.82 Å². The zero-order valence-electron chi connectivity index (χ0n) is 9.79. The molecule has 0 spiro atoms. The Kier molecular flexibility index (Phi) is 4.40. The molecule has 0 atom stereocenters.